The number of halogens is 1. The summed E-state index contributed by atoms with van der Waals surface area (Å²) in [5.74, 6) is 0.813. The molecular weight excluding hydrogens is 393 g/mol. The molecule has 160 valence electrons. The Balaban J connectivity index is 1.54. The number of amides is 1. The van der Waals surface area contributed by atoms with Crippen molar-refractivity contribution in [1.29, 1.82) is 0 Å². The molecule has 4 rings (SSSR count). The molecule has 2 aromatic carbocycles. The van der Waals surface area contributed by atoms with Gasteiger partial charge in [0.15, 0.2) is 0 Å². The molecule has 1 fully saturated rings. The molecule has 2 atom stereocenters. The quantitative estimate of drug-likeness (QED) is 0.591. The largest absolute Gasteiger partial charge is 0.456 e. The summed E-state index contributed by atoms with van der Waals surface area (Å²) in [6.45, 7) is 2.78. The molecule has 31 heavy (non-hydrogen) atoms. The Morgan fingerprint density at radius 3 is 2.74 bits per heavy atom. The van der Waals surface area contributed by atoms with Crippen LogP contribution in [-0.2, 0) is 0 Å². The normalized spacial score (nSPS) is 16.9. The number of benzene rings is 2. The van der Waals surface area contributed by atoms with Crippen molar-refractivity contribution in [2.75, 3.05) is 13.6 Å². The summed E-state index contributed by atoms with van der Waals surface area (Å²) in [6.07, 6.45) is 5.22. The molecule has 1 amide bonds. The molecule has 6 heteroatoms. The Morgan fingerprint density at radius 2 is 1.97 bits per heavy atom. The lowest BCUT2D eigenvalue weighted by Crippen LogP contribution is -2.30. The van der Waals surface area contributed by atoms with Crippen LogP contribution in [0.3, 0.4) is 0 Å². The fourth-order valence-electron chi connectivity index (χ4n) is 3.94. The fourth-order valence-corrected chi connectivity index (χ4v) is 3.94. The van der Waals surface area contributed by atoms with Crippen molar-refractivity contribution in [2.45, 2.75) is 31.8 Å². The van der Waals surface area contributed by atoms with Crippen molar-refractivity contribution in [3.05, 3.63) is 89.5 Å². The number of ether oxygens (including phenoxy) is 1. The summed E-state index contributed by atoms with van der Waals surface area (Å²) in [5, 5.41) is 3.21. The number of rotatable bonds is 6. The van der Waals surface area contributed by atoms with E-state index in [0.29, 0.717) is 23.6 Å². The minimum atomic E-state index is -0.312. The van der Waals surface area contributed by atoms with E-state index in [1.165, 1.54) is 12.1 Å². The van der Waals surface area contributed by atoms with E-state index >= 15 is 0 Å². The van der Waals surface area contributed by atoms with Crippen LogP contribution >= 0.6 is 0 Å². The summed E-state index contributed by atoms with van der Waals surface area (Å²) in [4.78, 5) is 19.6. The van der Waals surface area contributed by atoms with Gasteiger partial charge in [-0.3, -0.25) is 9.78 Å². The molecular formula is C25H26FN3O2. The van der Waals surface area contributed by atoms with Gasteiger partial charge in [-0.25, -0.2) is 4.39 Å². The third-order valence-corrected chi connectivity index (χ3v) is 5.75. The molecule has 2 unspecified atom stereocenters. The number of carbonyl (C=O) groups is 1. The highest BCUT2D eigenvalue weighted by Crippen LogP contribution is 2.35. The van der Waals surface area contributed by atoms with Crippen LogP contribution in [0, 0.1) is 5.82 Å². The number of nitrogens with zero attached hydrogens (tertiary/aromatic N) is 2. The smallest absolute Gasteiger partial charge is 0.254 e. The van der Waals surface area contributed by atoms with Crippen LogP contribution in [0.2, 0.25) is 0 Å². The highest BCUT2D eigenvalue weighted by atomic mass is 19.1. The van der Waals surface area contributed by atoms with Crippen LogP contribution in [0.1, 0.15) is 53.3 Å². The second kappa shape index (κ2) is 9.27. The minimum Gasteiger partial charge on any atom is -0.456 e. The first-order valence-electron chi connectivity index (χ1n) is 10.5. The standard InChI is InChI=1S/C25H26FN3O2/c1-17(27-2)18-5-3-6-19(13-18)25(30)29-12-4-7-24(29)20-14-23(16-28-15-20)31-22-10-8-21(26)9-11-22/h3,5-6,8-11,13-17,24,27H,4,7,12H2,1-2H3. The first-order valence-corrected chi connectivity index (χ1v) is 10.5. The number of carbonyl (C=O) groups excluding carboxylic acids is 1. The zero-order valence-corrected chi connectivity index (χ0v) is 17.7. The first kappa shape index (κ1) is 21.0. The van der Waals surface area contributed by atoms with Gasteiger partial charge in [0.05, 0.1) is 12.2 Å². The number of likely N-dealkylation sites (tertiary alicyclic amines) is 1. The van der Waals surface area contributed by atoms with Crippen molar-refractivity contribution in [3.63, 3.8) is 0 Å². The van der Waals surface area contributed by atoms with E-state index in [4.69, 9.17) is 4.74 Å². The predicted molar refractivity (Wildman–Crippen MR) is 118 cm³/mol. The van der Waals surface area contributed by atoms with E-state index in [1.807, 2.05) is 42.3 Å². The Hall–Kier alpha value is -3.25. The Bertz CT molecular complexity index is 1050. The van der Waals surface area contributed by atoms with E-state index in [9.17, 15) is 9.18 Å². The number of hydrogen-bond donors (Lipinski definition) is 1. The van der Waals surface area contributed by atoms with Gasteiger partial charge in [0.2, 0.25) is 0 Å². The van der Waals surface area contributed by atoms with Crippen molar-refractivity contribution in [1.82, 2.24) is 15.2 Å². The summed E-state index contributed by atoms with van der Waals surface area (Å²) >= 11 is 0. The van der Waals surface area contributed by atoms with Gasteiger partial charge in [0.1, 0.15) is 17.3 Å². The van der Waals surface area contributed by atoms with Crippen molar-refractivity contribution < 1.29 is 13.9 Å². The molecule has 0 bridgehead atoms. The highest BCUT2D eigenvalue weighted by Gasteiger charge is 2.31. The van der Waals surface area contributed by atoms with E-state index in [1.54, 1.807) is 24.5 Å². The van der Waals surface area contributed by atoms with Gasteiger partial charge in [0.25, 0.3) is 5.91 Å². The van der Waals surface area contributed by atoms with Crippen LogP contribution in [0.15, 0.2) is 67.0 Å². The third kappa shape index (κ3) is 4.75. The van der Waals surface area contributed by atoms with Crippen LogP contribution in [-0.4, -0.2) is 29.4 Å². The zero-order chi connectivity index (χ0) is 21.8. The second-order valence-corrected chi connectivity index (χ2v) is 7.80. The maximum Gasteiger partial charge on any atom is 0.254 e. The molecule has 1 aliphatic heterocycles. The summed E-state index contributed by atoms with van der Waals surface area (Å²) in [7, 11) is 1.91. The summed E-state index contributed by atoms with van der Waals surface area (Å²) in [6, 6.07) is 15.7. The predicted octanol–water partition coefficient (Wildman–Crippen LogP) is 5.27. The van der Waals surface area contributed by atoms with Gasteiger partial charge in [-0.05, 0) is 80.4 Å². The molecule has 0 spiro atoms. The Morgan fingerprint density at radius 1 is 1.16 bits per heavy atom. The van der Waals surface area contributed by atoms with Gasteiger partial charge in [-0.15, -0.1) is 0 Å². The zero-order valence-electron chi connectivity index (χ0n) is 17.7. The van der Waals surface area contributed by atoms with E-state index < -0.39 is 0 Å². The maximum absolute atomic E-state index is 13.3. The third-order valence-electron chi connectivity index (χ3n) is 5.75. The van der Waals surface area contributed by atoms with Crippen molar-refractivity contribution >= 4 is 5.91 Å². The van der Waals surface area contributed by atoms with Gasteiger partial charge < -0.3 is 15.0 Å². The number of pyridine rings is 1. The van der Waals surface area contributed by atoms with Gasteiger partial charge in [-0.1, -0.05) is 12.1 Å². The Kier molecular flexibility index (Phi) is 6.28. The second-order valence-electron chi connectivity index (χ2n) is 7.80. The lowest BCUT2D eigenvalue weighted by Gasteiger charge is -2.25. The SMILES string of the molecule is CNC(C)c1cccc(C(=O)N2CCCC2c2cncc(Oc3ccc(F)cc3)c2)c1. The fraction of sp³-hybridized carbons (Fsp3) is 0.280. The highest BCUT2D eigenvalue weighted by molar-refractivity contribution is 5.95. The number of nitrogens with one attached hydrogen (secondary N) is 1. The van der Waals surface area contributed by atoms with Crippen LogP contribution in [0.25, 0.3) is 0 Å². The van der Waals surface area contributed by atoms with Crippen LogP contribution in [0.5, 0.6) is 11.5 Å². The molecule has 0 radical (unpaired) electrons. The summed E-state index contributed by atoms with van der Waals surface area (Å²) < 4.78 is 19.0. The molecule has 2 heterocycles. The van der Waals surface area contributed by atoms with E-state index in [2.05, 4.69) is 17.2 Å². The number of hydrogen-bond acceptors (Lipinski definition) is 4. The van der Waals surface area contributed by atoms with Gasteiger partial charge in [0, 0.05) is 24.3 Å². The van der Waals surface area contributed by atoms with Crippen molar-refractivity contribution in [3.8, 4) is 11.5 Å². The topological polar surface area (TPSA) is 54.5 Å². The molecule has 5 nitrogen and oxygen atoms in total. The number of aromatic nitrogens is 1. The molecule has 1 saturated heterocycles. The minimum absolute atomic E-state index is 0.0255. The van der Waals surface area contributed by atoms with Gasteiger partial charge >= 0.3 is 0 Å². The average Bonchev–Trinajstić information content (AvgIpc) is 3.30. The lowest BCUT2D eigenvalue weighted by atomic mass is 10.0. The average molecular weight is 420 g/mol. The molecule has 0 saturated carbocycles. The molecule has 1 aliphatic rings. The van der Waals surface area contributed by atoms with Gasteiger partial charge in [-0.2, -0.15) is 0 Å². The van der Waals surface area contributed by atoms with E-state index in [0.717, 1.165) is 24.0 Å². The Labute approximate surface area is 181 Å². The maximum atomic E-state index is 13.3. The first-order chi connectivity index (χ1) is 15.0. The lowest BCUT2D eigenvalue weighted by molar-refractivity contribution is 0.0735. The summed E-state index contributed by atoms with van der Waals surface area (Å²) in [5.41, 5.74) is 2.71. The van der Waals surface area contributed by atoms with E-state index in [-0.39, 0.29) is 23.8 Å². The van der Waals surface area contributed by atoms with Crippen molar-refractivity contribution in [2.24, 2.45) is 0 Å². The molecule has 1 N–H and O–H groups in total. The van der Waals surface area contributed by atoms with Crippen LogP contribution in [0.4, 0.5) is 4.39 Å². The molecule has 1 aromatic heterocycles. The monoisotopic (exact) mass is 419 g/mol. The van der Waals surface area contributed by atoms with Crippen LogP contribution < -0.4 is 10.1 Å². The molecule has 3 aromatic rings. The molecule has 0 aliphatic carbocycles.